The highest BCUT2D eigenvalue weighted by atomic mass is 16.6. The lowest BCUT2D eigenvalue weighted by molar-refractivity contribution is -0.00810. The first kappa shape index (κ1) is 18.1. The topological polar surface area (TPSA) is 62.6 Å². The van der Waals surface area contributed by atoms with Crippen LogP contribution in [0.3, 0.4) is 0 Å². The van der Waals surface area contributed by atoms with Crippen LogP contribution in [0.25, 0.3) is 0 Å². The predicted molar refractivity (Wildman–Crippen MR) is 91.8 cm³/mol. The van der Waals surface area contributed by atoms with Crippen molar-refractivity contribution in [3.8, 4) is 11.8 Å². The quantitative estimate of drug-likeness (QED) is 0.836. The third kappa shape index (κ3) is 4.64. The molecule has 24 heavy (non-hydrogen) atoms. The van der Waals surface area contributed by atoms with Gasteiger partial charge in [0.2, 0.25) is 0 Å². The summed E-state index contributed by atoms with van der Waals surface area (Å²) in [5.74, 6) is 0.558. The van der Waals surface area contributed by atoms with Gasteiger partial charge in [0.25, 0.3) is 0 Å². The Kier molecular flexibility index (Phi) is 5.71. The molecule has 2 unspecified atom stereocenters. The van der Waals surface area contributed by atoms with Gasteiger partial charge in [-0.15, -0.1) is 0 Å². The number of carbonyl (C=O) groups is 1. The molecule has 5 heteroatoms. The van der Waals surface area contributed by atoms with E-state index in [1.54, 1.807) is 17.0 Å². The van der Waals surface area contributed by atoms with Gasteiger partial charge in [-0.05, 0) is 59.1 Å². The Balaban J connectivity index is 2.12. The van der Waals surface area contributed by atoms with E-state index in [2.05, 4.69) is 6.07 Å². The third-order valence-corrected chi connectivity index (χ3v) is 4.04. The molecule has 2 rings (SSSR count). The number of carbonyl (C=O) groups excluding carboxylic acids is 1. The fourth-order valence-electron chi connectivity index (χ4n) is 2.93. The van der Waals surface area contributed by atoms with Crippen molar-refractivity contribution in [1.82, 2.24) is 4.90 Å². The molecule has 0 aromatic heterocycles. The van der Waals surface area contributed by atoms with Crippen LogP contribution >= 0.6 is 0 Å². The van der Waals surface area contributed by atoms with Gasteiger partial charge in [0.1, 0.15) is 23.5 Å². The van der Waals surface area contributed by atoms with E-state index in [0.717, 1.165) is 19.3 Å². The number of hydrogen-bond acceptors (Lipinski definition) is 4. The zero-order chi connectivity index (χ0) is 17.7. The van der Waals surface area contributed by atoms with Gasteiger partial charge in [-0.3, -0.25) is 0 Å². The predicted octanol–water partition coefficient (Wildman–Crippen LogP) is 4.12. The van der Waals surface area contributed by atoms with Crippen molar-refractivity contribution in [3.05, 3.63) is 29.8 Å². The number of rotatable bonds is 3. The maximum atomic E-state index is 12.5. The van der Waals surface area contributed by atoms with Crippen molar-refractivity contribution in [2.45, 2.75) is 64.7 Å². The second-order valence-corrected chi connectivity index (χ2v) is 7.17. The Hall–Kier alpha value is -2.22. The number of para-hydroxylation sites is 1. The van der Waals surface area contributed by atoms with E-state index in [9.17, 15) is 10.1 Å². The first-order valence-corrected chi connectivity index (χ1v) is 8.47. The molecule has 0 bridgehead atoms. The van der Waals surface area contributed by atoms with Crippen LogP contribution in [-0.4, -0.2) is 35.3 Å². The second-order valence-electron chi connectivity index (χ2n) is 7.17. The summed E-state index contributed by atoms with van der Waals surface area (Å²) >= 11 is 0. The number of piperidine rings is 1. The molecular formula is C19H26N2O3. The van der Waals surface area contributed by atoms with Gasteiger partial charge >= 0.3 is 6.09 Å². The van der Waals surface area contributed by atoms with Gasteiger partial charge in [0, 0.05) is 6.54 Å². The van der Waals surface area contributed by atoms with Crippen molar-refractivity contribution in [2.75, 3.05) is 6.54 Å². The molecule has 1 aromatic carbocycles. The van der Waals surface area contributed by atoms with E-state index in [-0.39, 0.29) is 18.2 Å². The Labute approximate surface area is 144 Å². The summed E-state index contributed by atoms with van der Waals surface area (Å²) in [6, 6.07) is 9.25. The zero-order valence-corrected chi connectivity index (χ0v) is 14.9. The SMILES string of the molecule is CC(Oc1ccccc1C#N)C1CCCCN1C(=O)OC(C)(C)C. The molecule has 0 aliphatic carbocycles. The molecule has 5 nitrogen and oxygen atoms in total. The number of benzene rings is 1. The van der Waals surface area contributed by atoms with Crippen molar-refractivity contribution >= 4 is 6.09 Å². The largest absolute Gasteiger partial charge is 0.487 e. The van der Waals surface area contributed by atoms with E-state index in [4.69, 9.17) is 9.47 Å². The maximum absolute atomic E-state index is 12.5. The fraction of sp³-hybridized carbons (Fsp3) is 0.579. The molecule has 1 aromatic rings. The molecule has 1 aliphatic rings. The van der Waals surface area contributed by atoms with Crippen molar-refractivity contribution in [1.29, 1.82) is 5.26 Å². The molecule has 1 amide bonds. The van der Waals surface area contributed by atoms with Crippen LogP contribution in [0.2, 0.25) is 0 Å². The summed E-state index contributed by atoms with van der Waals surface area (Å²) in [5, 5.41) is 9.19. The van der Waals surface area contributed by atoms with Crippen LogP contribution < -0.4 is 4.74 Å². The maximum Gasteiger partial charge on any atom is 0.410 e. The molecular weight excluding hydrogens is 304 g/mol. The molecule has 0 N–H and O–H groups in total. The molecule has 1 fully saturated rings. The minimum Gasteiger partial charge on any atom is -0.487 e. The van der Waals surface area contributed by atoms with Crippen LogP contribution in [0.15, 0.2) is 24.3 Å². The summed E-state index contributed by atoms with van der Waals surface area (Å²) in [4.78, 5) is 14.3. The molecule has 0 spiro atoms. The normalized spacial score (nSPS) is 19.3. The second kappa shape index (κ2) is 7.57. The molecule has 1 saturated heterocycles. The lowest BCUT2D eigenvalue weighted by atomic mass is 9.98. The van der Waals surface area contributed by atoms with Gasteiger partial charge in [-0.2, -0.15) is 5.26 Å². The van der Waals surface area contributed by atoms with Crippen molar-refractivity contribution in [3.63, 3.8) is 0 Å². The number of amides is 1. The first-order chi connectivity index (χ1) is 11.3. The van der Waals surface area contributed by atoms with Crippen LogP contribution in [0.5, 0.6) is 5.75 Å². The highest BCUT2D eigenvalue weighted by Gasteiger charge is 2.34. The van der Waals surface area contributed by atoms with Gasteiger partial charge in [-0.1, -0.05) is 12.1 Å². The number of ether oxygens (including phenoxy) is 2. The lowest BCUT2D eigenvalue weighted by Gasteiger charge is -2.39. The van der Waals surface area contributed by atoms with Crippen LogP contribution in [0, 0.1) is 11.3 Å². The minimum atomic E-state index is -0.517. The molecule has 0 radical (unpaired) electrons. The van der Waals surface area contributed by atoms with Crippen molar-refractivity contribution < 1.29 is 14.3 Å². The van der Waals surface area contributed by atoms with Crippen LogP contribution in [0.1, 0.15) is 52.5 Å². The summed E-state index contributed by atoms with van der Waals surface area (Å²) in [6.07, 6.45) is 2.38. The number of nitrogens with zero attached hydrogens (tertiary/aromatic N) is 2. The summed E-state index contributed by atoms with van der Waals surface area (Å²) in [5.41, 5.74) is -0.0136. The van der Waals surface area contributed by atoms with E-state index < -0.39 is 5.60 Å². The van der Waals surface area contributed by atoms with Crippen LogP contribution in [-0.2, 0) is 4.74 Å². The molecule has 130 valence electrons. The number of nitriles is 1. The van der Waals surface area contributed by atoms with Gasteiger partial charge in [0.05, 0.1) is 11.6 Å². The fourth-order valence-corrected chi connectivity index (χ4v) is 2.93. The lowest BCUT2D eigenvalue weighted by Crippen LogP contribution is -2.52. The van der Waals surface area contributed by atoms with Gasteiger partial charge in [0.15, 0.2) is 0 Å². The molecule has 0 saturated carbocycles. The van der Waals surface area contributed by atoms with E-state index in [1.807, 2.05) is 39.8 Å². The first-order valence-electron chi connectivity index (χ1n) is 8.47. The summed E-state index contributed by atoms with van der Waals surface area (Å²) in [6.45, 7) is 8.22. The third-order valence-electron chi connectivity index (χ3n) is 4.04. The number of likely N-dealkylation sites (tertiary alicyclic amines) is 1. The highest BCUT2D eigenvalue weighted by molar-refractivity contribution is 5.68. The van der Waals surface area contributed by atoms with Gasteiger partial charge in [-0.25, -0.2) is 4.79 Å². The van der Waals surface area contributed by atoms with E-state index in [1.165, 1.54) is 0 Å². The Morgan fingerprint density at radius 3 is 2.71 bits per heavy atom. The van der Waals surface area contributed by atoms with Crippen molar-refractivity contribution in [2.24, 2.45) is 0 Å². The minimum absolute atomic E-state index is 0.0552. The monoisotopic (exact) mass is 330 g/mol. The molecule has 1 heterocycles. The Morgan fingerprint density at radius 2 is 2.04 bits per heavy atom. The number of hydrogen-bond donors (Lipinski definition) is 0. The average Bonchev–Trinajstić information content (AvgIpc) is 2.53. The van der Waals surface area contributed by atoms with E-state index >= 15 is 0 Å². The smallest absolute Gasteiger partial charge is 0.410 e. The molecule has 2 atom stereocenters. The average molecular weight is 330 g/mol. The summed E-state index contributed by atoms with van der Waals surface area (Å²) < 4.78 is 11.5. The van der Waals surface area contributed by atoms with Gasteiger partial charge < -0.3 is 14.4 Å². The highest BCUT2D eigenvalue weighted by Crippen LogP contribution is 2.26. The zero-order valence-electron chi connectivity index (χ0n) is 14.9. The summed E-state index contributed by atoms with van der Waals surface area (Å²) in [7, 11) is 0. The Morgan fingerprint density at radius 1 is 1.33 bits per heavy atom. The molecule has 1 aliphatic heterocycles. The van der Waals surface area contributed by atoms with Crippen LogP contribution in [0.4, 0.5) is 4.79 Å². The standard InChI is InChI=1S/C19H26N2O3/c1-14(23-17-11-6-5-9-15(17)13-20)16-10-7-8-12-21(16)18(22)24-19(2,3)4/h5-6,9,11,14,16H,7-8,10,12H2,1-4H3. The van der Waals surface area contributed by atoms with E-state index in [0.29, 0.717) is 17.9 Å². The Bertz CT molecular complexity index is 616.